The van der Waals surface area contributed by atoms with Crippen molar-refractivity contribution in [3.63, 3.8) is 0 Å². The number of rotatable bonds is 3. The van der Waals surface area contributed by atoms with Gasteiger partial charge in [-0.1, -0.05) is 0 Å². The van der Waals surface area contributed by atoms with Gasteiger partial charge in [-0.2, -0.15) is 5.10 Å². The van der Waals surface area contributed by atoms with Crippen molar-refractivity contribution >= 4 is 12.0 Å². The lowest BCUT2D eigenvalue weighted by atomic mass is 9.51. The van der Waals surface area contributed by atoms with Crippen LogP contribution in [0, 0.1) is 23.7 Å². The lowest BCUT2D eigenvalue weighted by molar-refractivity contribution is -0.131. The van der Waals surface area contributed by atoms with Gasteiger partial charge in [0.25, 0.3) is 0 Å². The van der Waals surface area contributed by atoms with Crippen LogP contribution in [0.25, 0.3) is 6.08 Å². The summed E-state index contributed by atoms with van der Waals surface area (Å²) < 4.78 is 0. The van der Waals surface area contributed by atoms with Gasteiger partial charge < -0.3 is 5.11 Å². The lowest BCUT2D eigenvalue weighted by Crippen LogP contribution is -2.43. The van der Waals surface area contributed by atoms with Gasteiger partial charge >= 0.3 is 5.97 Å². The Morgan fingerprint density at radius 2 is 1.85 bits per heavy atom. The van der Waals surface area contributed by atoms with Crippen LogP contribution in [0.1, 0.15) is 49.3 Å². The number of carboxylic acid groups (broad SMARTS) is 1. The Morgan fingerprint density at radius 3 is 2.45 bits per heavy atom. The van der Waals surface area contributed by atoms with Crippen molar-refractivity contribution < 1.29 is 9.90 Å². The number of H-pyrrole nitrogens is 1. The van der Waals surface area contributed by atoms with Gasteiger partial charge in [0.15, 0.2) is 0 Å². The first-order valence-corrected chi connectivity index (χ1v) is 7.65. The van der Waals surface area contributed by atoms with Gasteiger partial charge in [-0.15, -0.1) is 0 Å². The Bertz CT molecular complexity index is 533. The summed E-state index contributed by atoms with van der Waals surface area (Å²) in [4.78, 5) is 10.7. The van der Waals surface area contributed by atoms with Gasteiger partial charge in [0.2, 0.25) is 0 Å². The molecule has 4 aliphatic carbocycles. The molecule has 106 valence electrons. The van der Waals surface area contributed by atoms with Crippen LogP contribution in [-0.4, -0.2) is 21.3 Å². The fourth-order valence-electron chi connectivity index (χ4n) is 5.29. The summed E-state index contributed by atoms with van der Waals surface area (Å²) >= 11 is 0. The Hall–Kier alpha value is -1.58. The van der Waals surface area contributed by atoms with Crippen LogP contribution in [-0.2, 0) is 4.79 Å². The summed E-state index contributed by atoms with van der Waals surface area (Å²) in [5.74, 6) is 3.18. The third-order valence-corrected chi connectivity index (χ3v) is 5.68. The van der Waals surface area contributed by atoms with Gasteiger partial charge in [-0.3, -0.25) is 5.10 Å². The van der Waals surface area contributed by atoms with E-state index in [0.29, 0.717) is 5.92 Å². The molecule has 4 aliphatic rings. The average molecular weight is 272 g/mol. The van der Waals surface area contributed by atoms with Crippen molar-refractivity contribution in [1.82, 2.24) is 10.2 Å². The number of aliphatic carboxylic acids is 1. The number of carbonyl (C=O) groups is 1. The van der Waals surface area contributed by atoms with Crippen LogP contribution >= 0.6 is 0 Å². The number of nitrogens with one attached hydrogen (secondary N) is 1. The van der Waals surface area contributed by atoms with E-state index >= 15 is 0 Å². The SMILES string of the molecule is O=C(O)/C=C/c1[nH]ncc1C1C2CC3CC(C2)CC1C3. The van der Waals surface area contributed by atoms with Crippen LogP contribution in [0.2, 0.25) is 0 Å². The molecule has 4 bridgehead atoms. The molecule has 0 atom stereocenters. The molecule has 0 aliphatic heterocycles. The minimum atomic E-state index is -0.907. The molecular formula is C16H20N2O2. The molecule has 1 aromatic heterocycles. The van der Waals surface area contributed by atoms with Crippen molar-refractivity contribution in [2.24, 2.45) is 23.7 Å². The maximum Gasteiger partial charge on any atom is 0.328 e. The number of aromatic nitrogens is 2. The average Bonchev–Trinajstić information content (AvgIpc) is 2.83. The molecule has 0 saturated heterocycles. The maximum absolute atomic E-state index is 10.7. The van der Waals surface area contributed by atoms with Crippen LogP contribution in [0.15, 0.2) is 12.3 Å². The smallest absolute Gasteiger partial charge is 0.328 e. The molecule has 4 nitrogen and oxygen atoms in total. The zero-order chi connectivity index (χ0) is 13.7. The molecule has 0 spiro atoms. The fourth-order valence-corrected chi connectivity index (χ4v) is 5.29. The van der Waals surface area contributed by atoms with E-state index in [1.807, 2.05) is 6.20 Å². The molecule has 0 unspecified atom stereocenters. The van der Waals surface area contributed by atoms with Crippen molar-refractivity contribution in [2.45, 2.75) is 38.0 Å². The molecule has 5 rings (SSSR count). The van der Waals surface area contributed by atoms with Crippen LogP contribution in [0.4, 0.5) is 0 Å². The second-order valence-corrected chi connectivity index (χ2v) is 6.87. The minimum Gasteiger partial charge on any atom is -0.478 e. The minimum absolute atomic E-state index is 0.593. The molecule has 1 heterocycles. The quantitative estimate of drug-likeness (QED) is 0.831. The fraction of sp³-hybridized carbons (Fsp3) is 0.625. The van der Waals surface area contributed by atoms with Crippen molar-refractivity contribution in [3.05, 3.63) is 23.5 Å². The molecule has 1 aromatic rings. The molecular weight excluding hydrogens is 252 g/mol. The zero-order valence-electron chi connectivity index (χ0n) is 11.5. The van der Waals surface area contributed by atoms with E-state index in [1.165, 1.54) is 43.7 Å². The number of hydrogen-bond donors (Lipinski definition) is 2. The van der Waals surface area contributed by atoms with Crippen molar-refractivity contribution in [1.29, 1.82) is 0 Å². The largest absolute Gasteiger partial charge is 0.478 e. The topological polar surface area (TPSA) is 66.0 Å². The van der Waals surface area contributed by atoms with E-state index in [1.54, 1.807) is 6.08 Å². The van der Waals surface area contributed by atoms with Gasteiger partial charge in [0.1, 0.15) is 0 Å². The second-order valence-electron chi connectivity index (χ2n) is 6.87. The lowest BCUT2D eigenvalue weighted by Gasteiger charge is -2.54. The van der Waals surface area contributed by atoms with E-state index in [4.69, 9.17) is 5.11 Å². The van der Waals surface area contributed by atoms with E-state index in [9.17, 15) is 4.79 Å². The van der Waals surface area contributed by atoms with Crippen LogP contribution in [0.5, 0.6) is 0 Å². The summed E-state index contributed by atoms with van der Waals surface area (Å²) in [5.41, 5.74) is 2.14. The second kappa shape index (κ2) is 4.47. The molecule has 0 aromatic carbocycles. The van der Waals surface area contributed by atoms with E-state index in [0.717, 1.165) is 29.4 Å². The van der Waals surface area contributed by atoms with Gasteiger partial charge in [-0.05, 0) is 67.8 Å². The number of hydrogen-bond acceptors (Lipinski definition) is 2. The molecule has 4 fully saturated rings. The first-order chi connectivity index (χ1) is 9.70. The third kappa shape index (κ3) is 1.89. The van der Waals surface area contributed by atoms with Gasteiger partial charge in [0, 0.05) is 11.6 Å². The van der Waals surface area contributed by atoms with Gasteiger partial charge in [0.05, 0.1) is 11.9 Å². The highest BCUT2D eigenvalue weighted by atomic mass is 16.4. The van der Waals surface area contributed by atoms with Crippen molar-refractivity contribution in [2.75, 3.05) is 0 Å². The highest BCUT2D eigenvalue weighted by Crippen LogP contribution is 2.60. The van der Waals surface area contributed by atoms with Crippen LogP contribution < -0.4 is 0 Å². The highest BCUT2D eigenvalue weighted by molar-refractivity contribution is 5.85. The molecule has 4 saturated carbocycles. The van der Waals surface area contributed by atoms with E-state index < -0.39 is 5.97 Å². The van der Waals surface area contributed by atoms with Crippen molar-refractivity contribution in [3.8, 4) is 0 Å². The predicted octanol–water partition coefficient (Wildman–Crippen LogP) is 3.05. The standard InChI is InChI=1S/C16H20N2O2/c19-15(20)2-1-14-13(8-17-18-14)16-11-4-9-3-10(6-11)7-12(16)5-9/h1-2,8-12,16H,3-7H2,(H,17,18)(H,19,20)/b2-1+. The summed E-state index contributed by atoms with van der Waals surface area (Å²) in [7, 11) is 0. The summed E-state index contributed by atoms with van der Waals surface area (Å²) in [6.45, 7) is 0. The monoisotopic (exact) mass is 272 g/mol. The summed E-state index contributed by atoms with van der Waals surface area (Å²) in [5, 5.41) is 15.9. The third-order valence-electron chi connectivity index (χ3n) is 5.68. The summed E-state index contributed by atoms with van der Waals surface area (Å²) in [6.07, 6.45) is 11.7. The normalized spacial score (nSPS) is 38.7. The predicted molar refractivity (Wildman–Crippen MR) is 75.0 cm³/mol. The van der Waals surface area contributed by atoms with Crippen LogP contribution in [0.3, 0.4) is 0 Å². The molecule has 0 radical (unpaired) electrons. The zero-order valence-corrected chi connectivity index (χ0v) is 11.5. The number of nitrogens with zero attached hydrogens (tertiary/aromatic N) is 1. The Kier molecular flexibility index (Phi) is 2.72. The van der Waals surface area contributed by atoms with E-state index in [2.05, 4.69) is 10.2 Å². The Labute approximate surface area is 118 Å². The number of aromatic amines is 1. The maximum atomic E-state index is 10.7. The molecule has 2 N–H and O–H groups in total. The highest BCUT2D eigenvalue weighted by Gasteiger charge is 2.49. The molecule has 20 heavy (non-hydrogen) atoms. The van der Waals surface area contributed by atoms with Gasteiger partial charge in [-0.25, -0.2) is 4.79 Å². The Morgan fingerprint density at radius 1 is 1.20 bits per heavy atom. The van der Waals surface area contributed by atoms with E-state index in [-0.39, 0.29) is 0 Å². The first-order valence-electron chi connectivity index (χ1n) is 7.65. The first kappa shape index (κ1) is 12.2. The molecule has 0 amide bonds. The summed E-state index contributed by atoms with van der Waals surface area (Å²) in [6, 6.07) is 0. The molecule has 4 heteroatoms. The number of carboxylic acids is 1. The Balaban J connectivity index is 1.65.